The van der Waals surface area contributed by atoms with Crippen molar-refractivity contribution in [3.05, 3.63) is 60.0 Å². The van der Waals surface area contributed by atoms with Gasteiger partial charge in [-0.05, 0) is 24.4 Å². The van der Waals surface area contributed by atoms with Crippen LogP contribution in [0.25, 0.3) is 0 Å². The van der Waals surface area contributed by atoms with Crippen molar-refractivity contribution in [1.82, 2.24) is 10.6 Å². The third-order valence-electron chi connectivity index (χ3n) is 3.80. The van der Waals surface area contributed by atoms with Gasteiger partial charge in [-0.15, -0.1) is 35.3 Å². The average Bonchev–Trinajstić information content (AvgIpc) is 3.25. The predicted molar refractivity (Wildman–Crippen MR) is 133 cm³/mol. The Morgan fingerprint density at radius 3 is 2.73 bits per heavy atom. The molecule has 30 heavy (non-hydrogen) atoms. The van der Waals surface area contributed by atoms with E-state index in [1.165, 1.54) is 6.07 Å². The van der Waals surface area contributed by atoms with Crippen LogP contribution in [0.15, 0.2) is 63.6 Å². The smallest absolute Gasteiger partial charge is 0.191 e. The first kappa shape index (κ1) is 26.4. The van der Waals surface area contributed by atoms with Gasteiger partial charge in [-0.3, -0.25) is 0 Å². The van der Waals surface area contributed by atoms with Gasteiger partial charge in [0.25, 0.3) is 0 Å². The number of aliphatic hydroxyl groups excluding tert-OH is 1. The third-order valence-corrected chi connectivity index (χ3v) is 7.08. The van der Waals surface area contributed by atoms with Crippen molar-refractivity contribution in [3.8, 4) is 5.75 Å². The first-order chi connectivity index (χ1) is 14.0. The first-order valence-corrected chi connectivity index (χ1v) is 11.8. The number of halogens is 1. The lowest BCUT2D eigenvalue weighted by Crippen LogP contribution is -2.42. The molecule has 0 aliphatic heterocycles. The van der Waals surface area contributed by atoms with Crippen LogP contribution in [0, 0.1) is 0 Å². The Hall–Kier alpha value is -1.63. The van der Waals surface area contributed by atoms with Crippen molar-refractivity contribution >= 4 is 51.1 Å². The Morgan fingerprint density at radius 2 is 2.07 bits per heavy atom. The number of benzene rings is 1. The van der Waals surface area contributed by atoms with Crippen LogP contribution in [0.3, 0.4) is 0 Å². The molecule has 1 heterocycles. The number of hydrogen-bond donors (Lipinski definition) is 3. The van der Waals surface area contributed by atoms with E-state index in [1.807, 2.05) is 31.2 Å². The molecule has 2 aromatic rings. The second-order valence-electron chi connectivity index (χ2n) is 6.15. The Kier molecular flexibility index (Phi) is 12.0. The predicted octanol–water partition coefficient (Wildman–Crippen LogP) is 2.82. The fourth-order valence-corrected chi connectivity index (χ4v) is 4.96. The molecule has 0 bridgehead atoms. The van der Waals surface area contributed by atoms with Crippen molar-refractivity contribution in [2.45, 2.75) is 23.8 Å². The molecular weight excluding hydrogens is 537 g/mol. The Labute approximate surface area is 199 Å². The number of hydrogen-bond acceptors (Lipinski definition) is 6. The fraction of sp³-hybridized carbons (Fsp3) is 0.350. The summed E-state index contributed by atoms with van der Waals surface area (Å²) in [5, 5.41) is 18.0. The molecule has 0 aliphatic carbocycles. The van der Waals surface area contributed by atoms with Crippen LogP contribution in [-0.4, -0.2) is 51.0 Å². The molecule has 0 aliphatic rings. The molecule has 0 amide bonds. The minimum absolute atomic E-state index is 0. The summed E-state index contributed by atoms with van der Waals surface area (Å²) < 4.78 is 30.4. The van der Waals surface area contributed by atoms with E-state index in [-0.39, 0.29) is 40.5 Å². The molecule has 0 spiro atoms. The summed E-state index contributed by atoms with van der Waals surface area (Å²) in [7, 11) is -3.50. The van der Waals surface area contributed by atoms with Gasteiger partial charge in [0.1, 0.15) is 16.6 Å². The quantitative estimate of drug-likeness (QED) is 0.168. The first-order valence-electron chi connectivity index (χ1n) is 9.24. The minimum atomic E-state index is -3.50. The van der Waals surface area contributed by atoms with Gasteiger partial charge in [0, 0.05) is 18.7 Å². The van der Waals surface area contributed by atoms with Crippen LogP contribution in [0.2, 0.25) is 0 Å². The highest BCUT2D eigenvalue weighted by Gasteiger charge is 2.20. The minimum Gasteiger partial charge on any atom is -0.489 e. The summed E-state index contributed by atoms with van der Waals surface area (Å²) in [6, 6.07) is 10.8. The van der Waals surface area contributed by atoms with Gasteiger partial charge in [-0.25, -0.2) is 13.4 Å². The highest BCUT2D eigenvalue weighted by atomic mass is 127. The van der Waals surface area contributed by atoms with Crippen molar-refractivity contribution < 1.29 is 18.3 Å². The number of para-hydroxylation sites is 1. The van der Waals surface area contributed by atoms with E-state index in [9.17, 15) is 13.5 Å². The normalized spacial score (nSPS) is 12.5. The van der Waals surface area contributed by atoms with Crippen LogP contribution in [0.5, 0.6) is 5.75 Å². The van der Waals surface area contributed by atoms with Crippen LogP contribution in [-0.2, 0) is 16.4 Å². The van der Waals surface area contributed by atoms with E-state index in [2.05, 4.69) is 22.2 Å². The van der Waals surface area contributed by atoms with E-state index in [0.717, 1.165) is 22.6 Å². The van der Waals surface area contributed by atoms with Gasteiger partial charge in [0.2, 0.25) is 0 Å². The van der Waals surface area contributed by atoms with Gasteiger partial charge in [0.05, 0.1) is 18.4 Å². The number of nitrogens with one attached hydrogen (secondary N) is 2. The summed E-state index contributed by atoms with van der Waals surface area (Å²) in [6.45, 7) is 7.04. The number of ether oxygens (including phenoxy) is 1. The maximum atomic E-state index is 12.3. The Bertz CT molecular complexity index is 903. The van der Waals surface area contributed by atoms with E-state index in [0.29, 0.717) is 25.7 Å². The highest BCUT2D eigenvalue weighted by Crippen LogP contribution is 2.19. The molecule has 0 fully saturated rings. The molecule has 1 atom stereocenters. The Balaban J connectivity index is 0.00000450. The lowest BCUT2D eigenvalue weighted by molar-refractivity contribution is 0.200. The molecule has 3 N–H and O–H groups in total. The zero-order valence-electron chi connectivity index (χ0n) is 16.8. The molecule has 0 saturated heterocycles. The van der Waals surface area contributed by atoms with Crippen molar-refractivity contribution in [1.29, 1.82) is 0 Å². The maximum absolute atomic E-state index is 12.3. The third kappa shape index (κ3) is 8.62. The summed E-state index contributed by atoms with van der Waals surface area (Å²) in [5.74, 6) is 0.866. The number of rotatable bonds is 11. The van der Waals surface area contributed by atoms with Crippen LogP contribution < -0.4 is 15.4 Å². The summed E-state index contributed by atoms with van der Waals surface area (Å²) >= 11 is 1.14. The number of aliphatic hydroxyl groups is 1. The van der Waals surface area contributed by atoms with E-state index in [4.69, 9.17) is 4.74 Å². The monoisotopic (exact) mass is 565 g/mol. The number of nitrogens with zero attached hydrogens (tertiary/aromatic N) is 1. The number of guanidine groups is 1. The van der Waals surface area contributed by atoms with Gasteiger partial charge in [-0.2, -0.15) is 0 Å². The summed E-state index contributed by atoms with van der Waals surface area (Å²) in [5.41, 5.74) is 0.910. The molecule has 0 saturated carbocycles. The number of sulfone groups is 1. The second-order valence-corrected chi connectivity index (χ2v) is 9.36. The van der Waals surface area contributed by atoms with Crippen LogP contribution in [0.4, 0.5) is 0 Å². The zero-order valence-corrected chi connectivity index (χ0v) is 20.7. The number of aliphatic imine (C=N–C) groups is 1. The van der Waals surface area contributed by atoms with Gasteiger partial charge in [-0.1, -0.05) is 36.9 Å². The molecule has 1 unspecified atom stereocenters. The van der Waals surface area contributed by atoms with Gasteiger partial charge >= 0.3 is 0 Å². The molecule has 2 rings (SSSR count). The van der Waals surface area contributed by atoms with Crippen molar-refractivity contribution in [3.63, 3.8) is 0 Å². The van der Waals surface area contributed by atoms with E-state index < -0.39 is 15.9 Å². The lowest BCUT2D eigenvalue weighted by atomic mass is 10.2. The van der Waals surface area contributed by atoms with Crippen molar-refractivity contribution in [2.75, 3.05) is 25.4 Å². The van der Waals surface area contributed by atoms with Crippen molar-refractivity contribution in [2.24, 2.45) is 4.99 Å². The summed E-state index contributed by atoms with van der Waals surface area (Å²) in [6.07, 6.45) is 0.617. The number of thiophene rings is 1. The standard InChI is InChI=1S/C20H27N3O4S2.HI/c1-3-11-27-18-9-6-5-8-16(18)13-22-20(21-4-2)23-14-17(24)15-29(25,26)19-10-7-12-28-19;/h3,5-10,12,17,24H,1,4,11,13-15H2,2H3,(H2,21,22,23);1H. The van der Waals surface area contributed by atoms with E-state index in [1.54, 1.807) is 17.5 Å². The molecular formula is C20H28IN3O4S2. The molecule has 7 nitrogen and oxygen atoms in total. The second kappa shape index (κ2) is 13.6. The van der Waals surface area contributed by atoms with Gasteiger partial charge in [0.15, 0.2) is 15.8 Å². The molecule has 10 heteroatoms. The fourth-order valence-electron chi connectivity index (χ4n) is 2.48. The average molecular weight is 565 g/mol. The summed E-state index contributed by atoms with van der Waals surface area (Å²) in [4.78, 5) is 4.50. The van der Waals surface area contributed by atoms with E-state index >= 15 is 0 Å². The molecule has 1 aromatic carbocycles. The maximum Gasteiger partial charge on any atom is 0.191 e. The van der Waals surface area contributed by atoms with Gasteiger partial charge < -0.3 is 20.5 Å². The topological polar surface area (TPSA) is 100 Å². The Morgan fingerprint density at radius 1 is 1.30 bits per heavy atom. The van der Waals surface area contributed by atoms with Crippen LogP contribution >= 0.6 is 35.3 Å². The molecule has 166 valence electrons. The molecule has 1 aromatic heterocycles. The van der Waals surface area contributed by atoms with Crippen LogP contribution in [0.1, 0.15) is 12.5 Å². The lowest BCUT2D eigenvalue weighted by Gasteiger charge is -2.15. The highest BCUT2D eigenvalue weighted by molar-refractivity contribution is 14.0. The molecule has 0 radical (unpaired) electrons. The largest absolute Gasteiger partial charge is 0.489 e. The SMILES string of the molecule is C=CCOc1ccccc1CN=C(NCC)NCC(O)CS(=O)(=O)c1cccs1.I. The zero-order chi connectivity index (χ0) is 21.1.